The van der Waals surface area contributed by atoms with E-state index < -0.39 is 0 Å². The molecule has 35 heavy (non-hydrogen) atoms. The van der Waals surface area contributed by atoms with Crippen molar-refractivity contribution in [3.8, 4) is 11.5 Å². The summed E-state index contributed by atoms with van der Waals surface area (Å²) in [7, 11) is 0. The molecule has 0 aliphatic carbocycles. The summed E-state index contributed by atoms with van der Waals surface area (Å²) in [6.07, 6.45) is 2.56. The van der Waals surface area contributed by atoms with Crippen LogP contribution in [0.5, 0.6) is 11.5 Å². The third kappa shape index (κ3) is 7.23. The number of hydrogen-bond donors (Lipinski definition) is 1. The lowest BCUT2D eigenvalue weighted by Gasteiger charge is -2.11. The first-order chi connectivity index (χ1) is 17.1. The molecule has 0 fully saturated rings. The number of para-hydroxylation sites is 2. The molecular weight excluding hydrogens is 462 g/mol. The van der Waals surface area contributed by atoms with Crippen molar-refractivity contribution in [2.24, 2.45) is 0 Å². The smallest absolute Gasteiger partial charge is 0.257 e. The number of aromatic nitrogens is 2. The zero-order valence-electron chi connectivity index (χ0n) is 19.9. The van der Waals surface area contributed by atoms with E-state index >= 15 is 0 Å². The lowest BCUT2D eigenvalue weighted by molar-refractivity contribution is -0.123. The number of carbonyl (C=O) groups is 1. The van der Waals surface area contributed by atoms with Crippen molar-refractivity contribution in [2.45, 2.75) is 32.7 Å². The number of ether oxygens (including phenoxy) is 2. The van der Waals surface area contributed by atoms with Crippen LogP contribution in [0.2, 0.25) is 5.02 Å². The number of unbranched alkanes of at least 4 members (excludes halogenated alkanes) is 1. The molecule has 0 radical (unpaired) electrons. The fourth-order valence-electron chi connectivity index (χ4n) is 3.81. The average molecular weight is 492 g/mol. The van der Waals surface area contributed by atoms with Crippen LogP contribution in [0.4, 0.5) is 0 Å². The number of rotatable bonds is 12. The van der Waals surface area contributed by atoms with Crippen LogP contribution in [0.15, 0.2) is 72.8 Å². The Morgan fingerprint density at radius 3 is 2.46 bits per heavy atom. The van der Waals surface area contributed by atoms with Gasteiger partial charge in [-0.3, -0.25) is 4.79 Å². The summed E-state index contributed by atoms with van der Waals surface area (Å²) < 4.78 is 13.6. The van der Waals surface area contributed by atoms with Crippen LogP contribution >= 0.6 is 11.6 Å². The monoisotopic (exact) mass is 491 g/mol. The van der Waals surface area contributed by atoms with E-state index in [0.29, 0.717) is 30.3 Å². The van der Waals surface area contributed by atoms with E-state index in [2.05, 4.69) is 35.0 Å². The maximum atomic E-state index is 12.2. The van der Waals surface area contributed by atoms with E-state index in [9.17, 15) is 4.79 Å². The standard InChI is InChI=1S/C28H30ClN3O3/c1-21-8-12-23(13-9-21)34-19-5-4-18-32-26-7-3-2-6-25(26)31-27(32)16-17-30-28(33)20-35-24-14-10-22(29)11-15-24/h2-3,6-15H,4-5,16-20H2,1H3,(H,30,33). The van der Waals surface area contributed by atoms with Gasteiger partial charge in [0.25, 0.3) is 5.91 Å². The number of carbonyl (C=O) groups excluding carboxylic acids is 1. The number of imidazole rings is 1. The van der Waals surface area contributed by atoms with Crippen molar-refractivity contribution in [3.63, 3.8) is 0 Å². The van der Waals surface area contributed by atoms with E-state index in [4.69, 9.17) is 26.1 Å². The van der Waals surface area contributed by atoms with E-state index in [1.807, 2.05) is 30.3 Å². The first-order valence-electron chi connectivity index (χ1n) is 11.9. The highest BCUT2D eigenvalue weighted by atomic mass is 35.5. The Morgan fingerprint density at radius 1 is 0.943 bits per heavy atom. The normalized spacial score (nSPS) is 10.9. The third-order valence-electron chi connectivity index (χ3n) is 5.65. The van der Waals surface area contributed by atoms with Crippen molar-refractivity contribution in [3.05, 3.63) is 89.2 Å². The fourth-order valence-corrected chi connectivity index (χ4v) is 3.93. The quantitative estimate of drug-likeness (QED) is 0.262. The minimum absolute atomic E-state index is 0.0426. The molecule has 4 aromatic rings. The van der Waals surface area contributed by atoms with Crippen LogP contribution in [0.3, 0.4) is 0 Å². The van der Waals surface area contributed by atoms with E-state index in [1.165, 1.54) is 5.56 Å². The van der Waals surface area contributed by atoms with Crippen molar-refractivity contribution >= 4 is 28.5 Å². The number of hydrogen-bond acceptors (Lipinski definition) is 4. The molecule has 182 valence electrons. The largest absolute Gasteiger partial charge is 0.494 e. The van der Waals surface area contributed by atoms with Gasteiger partial charge in [-0.25, -0.2) is 4.98 Å². The Balaban J connectivity index is 1.26. The van der Waals surface area contributed by atoms with Gasteiger partial charge in [0, 0.05) is 24.5 Å². The van der Waals surface area contributed by atoms with Crippen LogP contribution in [0.1, 0.15) is 24.2 Å². The maximum absolute atomic E-state index is 12.2. The second kappa shape index (κ2) is 12.3. The topological polar surface area (TPSA) is 65.4 Å². The number of nitrogens with zero attached hydrogens (tertiary/aromatic N) is 2. The van der Waals surface area contributed by atoms with Crippen molar-refractivity contribution in [1.82, 2.24) is 14.9 Å². The van der Waals surface area contributed by atoms with Gasteiger partial charge >= 0.3 is 0 Å². The minimum Gasteiger partial charge on any atom is -0.494 e. The second-order valence-corrected chi connectivity index (χ2v) is 8.82. The van der Waals surface area contributed by atoms with Crippen LogP contribution in [-0.2, 0) is 17.8 Å². The van der Waals surface area contributed by atoms with Gasteiger partial charge in [0.15, 0.2) is 6.61 Å². The van der Waals surface area contributed by atoms with Crippen LogP contribution in [0, 0.1) is 6.92 Å². The van der Waals surface area contributed by atoms with Gasteiger partial charge in [-0.05, 0) is 68.3 Å². The third-order valence-corrected chi connectivity index (χ3v) is 5.91. The first kappa shape index (κ1) is 24.6. The average Bonchev–Trinajstić information content (AvgIpc) is 3.22. The summed E-state index contributed by atoms with van der Waals surface area (Å²) in [6, 6.07) is 23.2. The van der Waals surface area contributed by atoms with Gasteiger partial charge in [0.2, 0.25) is 0 Å². The van der Waals surface area contributed by atoms with Crippen LogP contribution < -0.4 is 14.8 Å². The SMILES string of the molecule is Cc1ccc(OCCCCn2c(CCNC(=O)COc3ccc(Cl)cc3)nc3ccccc32)cc1. The Morgan fingerprint density at radius 2 is 1.66 bits per heavy atom. The molecule has 0 aliphatic rings. The molecular formula is C28H30ClN3O3. The number of aryl methyl sites for hydroxylation is 2. The van der Waals surface area contributed by atoms with E-state index in [-0.39, 0.29) is 12.5 Å². The molecule has 1 N–H and O–H groups in total. The number of fused-ring (bicyclic) bond motifs is 1. The van der Waals surface area contributed by atoms with Gasteiger partial charge in [0.05, 0.1) is 17.6 Å². The summed E-state index contributed by atoms with van der Waals surface area (Å²) in [6.45, 7) is 4.04. The molecule has 0 saturated heterocycles. The summed E-state index contributed by atoms with van der Waals surface area (Å²) in [5.41, 5.74) is 3.30. The highest BCUT2D eigenvalue weighted by Crippen LogP contribution is 2.18. The molecule has 3 aromatic carbocycles. The summed E-state index contributed by atoms with van der Waals surface area (Å²) in [5.74, 6) is 2.30. The number of halogens is 1. The molecule has 0 unspecified atom stereocenters. The molecule has 0 spiro atoms. The number of amides is 1. The predicted molar refractivity (Wildman–Crippen MR) is 139 cm³/mol. The molecule has 0 bridgehead atoms. The van der Waals surface area contributed by atoms with E-state index in [0.717, 1.165) is 42.0 Å². The van der Waals surface area contributed by atoms with E-state index in [1.54, 1.807) is 24.3 Å². The van der Waals surface area contributed by atoms with Gasteiger partial charge in [-0.1, -0.05) is 41.4 Å². The first-order valence-corrected chi connectivity index (χ1v) is 12.2. The zero-order valence-corrected chi connectivity index (χ0v) is 20.6. The molecule has 0 saturated carbocycles. The molecule has 0 atom stereocenters. The molecule has 1 aromatic heterocycles. The van der Waals surface area contributed by atoms with Gasteiger partial charge in [0.1, 0.15) is 17.3 Å². The summed E-state index contributed by atoms with van der Waals surface area (Å²) in [4.78, 5) is 17.0. The highest BCUT2D eigenvalue weighted by molar-refractivity contribution is 6.30. The summed E-state index contributed by atoms with van der Waals surface area (Å²) >= 11 is 5.87. The molecule has 1 heterocycles. The molecule has 4 rings (SSSR count). The lowest BCUT2D eigenvalue weighted by Crippen LogP contribution is -2.31. The van der Waals surface area contributed by atoms with Crippen LogP contribution in [0.25, 0.3) is 11.0 Å². The minimum atomic E-state index is -0.170. The molecule has 7 heteroatoms. The summed E-state index contributed by atoms with van der Waals surface area (Å²) in [5, 5.41) is 3.55. The zero-order chi connectivity index (χ0) is 24.5. The number of nitrogens with one attached hydrogen (secondary N) is 1. The highest BCUT2D eigenvalue weighted by Gasteiger charge is 2.11. The predicted octanol–water partition coefficient (Wildman–Crippen LogP) is 5.60. The Hall–Kier alpha value is -3.51. The van der Waals surface area contributed by atoms with Gasteiger partial charge in [-0.2, -0.15) is 0 Å². The van der Waals surface area contributed by atoms with Crippen molar-refractivity contribution in [2.75, 3.05) is 19.8 Å². The lowest BCUT2D eigenvalue weighted by atomic mass is 10.2. The van der Waals surface area contributed by atoms with Crippen molar-refractivity contribution in [1.29, 1.82) is 0 Å². The maximum Gasteiger partial charge on any atom is 0.257 e. The van der Waals surface area contributed by atoms with Gasteiger partial charge in [-0.15, -0.1) is 0 Å². The second-order valence-electron chi connectivity index (χ2n) is 8.38. The molecule has 0 aliphatic heterocycles. The van der Waals surface area contributed by atoms with Crippen LogP contribution in [-0.4, -0.2) is 35.2 Å². The Labute approximate surface area is 210 Å². The fraction of sp³-hybridized carbons (Fsp3) is 0.286. The van der Waals surface area contributed by atoms with Gasteiger partial charge < -0.3 is 19.4 Å². The Kier molecular flexibility index (Phi) is 8.63. The van der Waals surface area contributed by atoms with Crippen molar-refractivity contribution < 1.29 is 14.3 Å². The molecule has 6 nitrogen and oxygen atoms in total. The Bertz CT molecular complexity index is 1240. The molecule has 1 amide bonds. The number of benzene rings is 3.